The Bertz CT molecular complexity index is 388. The first-order chi connectivity index (χ1) is 8.61. The number of ether oxygens (including phenoxy) is 1. The van der Waals surface area contributed by atoms with Crippen molar-refractivity contribution in [2.45, 2.75) is 50.9 Å². The average molecular weight is 249 g/mol. The smallest absolute Gasteiger partial charge is 0.0952 e. The maximum Gasteiger partial charge on any atom is 0.0952 e. The Labute approximate surface area is 109 Å². The molecule has 3 nitrogen and oxygen atoms in total. The van der Waals surface area contributed by atoms with E-state index < -0.39 is 6.10 Å². The molecular weight excluding hydrogens is 226 g/mol. The van der Waals surface area contributed by atoms with Crippen molar-refractivity contribution >= 4 is 0 Å². The molecule has 3 heteroatoms. The maximum absolute atomic E-state index is 9.50. The van der Waals surface area contributed by atoms with Gasteiger partial charge in [0, 0.05) is 6.54 Å². The molecule has 1 aliphatic carbocycles. The lowest BCUT2D eigenvalue weighted by Gasteiger charge is -2.23. The molecular formula is C15H23NO2. The molecule has 1 aromatic carbocycles. The molecule has 0 bridgehead atoms. The van der Waals surface area contributed by atoms with Crippen molar-refractivity contribution in [1.29, 1.82) is 0 Å². The predicted octanol–water partition coefficient (Wildman–Crippen LogP) is 2.35. The second-order valence-corrected chi connectivity index (χ2v) is 5.25. The summed E-state index contributed by atoms with van der Waals surface area (Å²) in [4.78, 5) is 0. The molecule has 1 saturated carbocycles. The van der Waals surface area contributed by atoms with Gasteiger partial charge in [0.1, 0.15) is 0 Å². The van der Waals surface area contributed by atoms with E-state index in [1.54, 1.807) is 6.92 Å². The SMILES string of the molecule is CC(O)C(C)OC(CN)c1cccc(C2CC2)c1. The van der Waals surface area contributed by atoms with Gasteiger partial charge in [0.15, 0.2) is 0 Å². The van der Waals surface area contributed by atoms with Crippen molar-refractivity contribution in [2.75, 3.05) is 6.54 Å². The average Bonchev–Trinajstić information content (AvgIpc) is 3.19. The van der Waals surface area contributed by atoms with E-state index in [9.17, 15) is 5.11 Å². The summed E-state index contributed by atoms with van der Waals surface area (Å²) in [6.45, 7) is 4.04. The van der Waals surface area contributed by atoms with Crippen LogP contribution in [0.4, 0.5) is 0 Å². The van der Waals surface area contributed by atoms with Gasteiger partial charge in [0.05, 0.1) is 18.3 Å². The first kappa shape index (κ1) is 13.5. The number of rotatable bonds is 6. The van der Waals surface area contributed by atoms with Crippen LogP contribution >= 0.6 is 0 Å². The zero-order valence-electron chi connectivity index (χ0n) is 11.2. The molecule has 1 aliphatic rings. The summed E-state index contributed by atoms with van der Waals surface area (Å²) in [6, 6.07) is 8.50. The highest BCUT2D eigenvalue weighted by molar-refractivity contribution is 5.30. The minimum Gasteiger partial charge on any atom is -0.391 e. The predicted molar refractivity (Wildman–Crippen MR) is 72.4 cm³/mol. The van der Waals surface area contributed by atoms with Crippen LogP contribution in [0.25, 0.3) is 0 Å². The Kier molecular flexibility index (Phi) is 4.38. The molecule has 0 spiro atoms. The highest BCUT2D eigenvalue weighted by atomic mass is 16.5. The lowest BCUT2D eigenvalue weighted by Crippen LogP contribution is -2.28. The van der Waals surface area contributed by atoms with Crippen LogP contribution in [0.2, 0.25) is 0 Å². The lowest BCUT2D eigenvalue weighted by atomic mass is 10.0. The maximum atomic E-state index is 9.50. The van der Waals surface area contributed by atoms with Crippen molar-refractivity contribution in [3.8, 4) is 0 Å². The van der Waals surface area contributed by atoms with Crippen molar-refractivity contribution < 1.29 is 9.84 Å². The fraction of sp³-hybridized carbons (Fsp3) is 0.600. The Morgan fingerprint density at radius 1 is 1.39 bits per heavy atom. The number of hydrogen-bond acceptors (Lipinski definition) is 3. The lowest BCUT2D eigenvalue weighted by molar-refractivity contribution is -0.0591. The number of nitrogens with two attached hydrogens (primary N) is 1. The summed E-state index contributed by atoms with van der Waals surface area (Å²) in [6.07, 6.45) is 1.77. The number of hydrogen-bond donors (Lipinski definition) is 2. The van der Waals surface area contributed by atoms with E-state index in [0.29, 0.717) is 6.54 Å². The summed E-state index contributed by atoms with van der Waals surface area (Å²) < 4.78 is 5.83. The van der Waals surface area contributed by atoms with Gasteiger partial charge >= 0.3 is 0 Å². The van der Waals surface area contributed by atoms with Crippen LogP contribution in [-0.2, 0) is 4.74 Å². The van der Waals surface area contributed by atoms with E-state index in [2.05, 4.69) is 24.3 Å². The van der Waals surface area contributed by atoms with Crippen molar-refractivity contribution in [3.63, 3.8) is 0 Å². The third-order valence-electron chi connectivity index (χ3n) is 3.60. The molecule has 0 saturated heterocycles. The molecule has 18 heavy (non-hydrogen) atoms. The summed E-state index contributed by atoms with van der Waals surface area (Å²) in [5.41, 5.74) is 8.30. The molecule has 1 aromatic rings. The van der Waals surface area contributed by atoms with Gasteiger partial charge in [-0.25, -0.2) is 0 Å². The Morgan fingerprint density at radius 2 is 2.11 bits per heavy atom. The van der Waals surface area contributed by atoms with E-state index in [1.165, 1.54) is 18.4 Å². The fourth-order valence-electron chi connectivity index (χ4n) is 2.07. The molecule has 1 fully saturated rings. The standard InChI is InChI=1S/C15H23NO2/c1-10(17)11(2)18-15(9-16)14-5-3-4-13(8-14)12-6-7-12/h3-5,8,10-12,15,17H,6-7,9,16H2,1-2H3. The van der Waals surface area contributed by atoms with Crippen molar-refractivity contribution in [1.82, 2.24) is 0 Å². The zero-order valence-corrected chi connectivity index (χ0v) is 11.2. The van der Waals surface area contributed by atoms with Crippen LogP contribution in [0.1, 0.15) is 49.8 Å². The van der Waals surface area contributed by atoms with Gasteiger partial charge in [0.25, 0.3) is 0 Å². The number of aliphatic hydroxyl groups excluding tert-OH is 1. The molecule has 0 heterocycles. The minimum absolute atomic E-state index is 0.131. The second-order valence-electron chi connectivity index (χ2n) is 5.25. The monoisotopic (exact) mass is 249 g/mol. The van der Waals surface area contributed by atoms with E-state index >= 15 is 0 Å². The van der Waals surface area contributed by atoms with Crippen LogP contribution < -0.4 is 5.73 Å². The first-order valence-electron chi connectivity index (χ1n) is 6.75. The summed E-state index contributed by atoms with van der Waals surface area (Å²) in [5, 5.41) is 9.50. The van der Waals surface area contributed by atoms with Gasteiger partial charge in [-0.05, 0) is 43.7 Å². The minimum atomic E-state index is -0.481. The van der Waals surface area contributed by atoms with Gasteiger partial charge in [-0.15, -0.1) is 0 Å². The Balaban J connectivity index is 2.08. The van der Waals surface area contributed by atoms with Crippen LogP contribution in [-0.4, -0.2) is 23.9 Å². The summed E-state index contributed by atoms with van der Waals surface area (Å²) in [5.74, 6) is 0.734. The van der Waals surface area contributed by atoms with E-state index in [0.717, 1.165) is 11.5 Å². The highest BCUT2D eigenvalue weighted by Crippen LogP contribution is 2.40. The largest absolute Gasteiger partial charge is 0.391 e. The summed E-state index contributed by atoms with van der Waals surface area (Å²) >= 11 is 0. The van der Waals surface area contributed by atoms with Gasteiger partial charge in [-0.2, -0.15) is 0 Å². The van der Waals surface area contributed by atoms with Gasteiger partial charge in [0.2, 0.25) is 0 Å². The number of aliphatic hydroxyl groups is 1. The Hall–Kier alpha value is -0.900. The van der Waals surface area contributed by atoms with Crippen LogP contribution in [0.15, 0.2) is 24.3 Å². The van der Waals surface area contributed by atoms with Crippen molar-refractivity contribution in [3.05, 3.63) is 35.4 Å². The molecule has 3 N–H and O–H groups in total. The molecule has 0 amide bonds. The van der Waals surface area contributed by atoms with Crippen LogP contribution in [0, 0.1) is 0 Å². The zero-order chi connectivity index (χ0) is 13.1. The summed E-state index contributed by atoms with van der Waals surface area (Å²) in [7, 11) is 0. The topological polar surface area (TPSA) is 55.5 Å². The van der Waals surface area contributed by atoms with Gasteiger partial charge < -0.3 is 15.6 Å². The van der Waals surface area contributed by atoms with Gasteiger partial charge in [-0.3, -0.25) is 0 Å². The Morgan fingerprint density at radius 3 is 2.67 bits per heavy atom. The molecule has 0 aliphatic heterocycles. The third kappa shape index (κ3) is 3.31. The number of benzene rings is 1. The molecule has 100 valence electrons. The van der Waals surface area contributed by atoms with E-state index in [-0.39, 0.29) is 12.2 Å². The van der Waals surface area contributed by atoms with Gasteiger partial charge in [-0.1, -0.05) is 24.3 Å². The molecule has 3 atom stereocenters. The molecule has 0 aromatic heterocycles. The fourth-order valence-corrected chi connectivity index (χ4v) is 2.07. The normalized spacial score (nSPS) is 20.4. The van der Waals surface area contributed by atoms with E-state index in [1.807, 2.05) is 6.92 Å². The quantitative estimate of drug-likeness (QED) is 0.813. The molecule has 0 radical (unpaired) electrons. The van der Waals surface area contributed by atoms with Crippen molar-refractivity contribution in [2.24, 2.45) is 5.73 Å². The first-order valence-corrected chi connectivity index (χ1v) is 6.75. The van der Waals surface area contributed by atoms with Crippen LogP contribution in [0.3, 0.4) is 0 Å². The van der Waals surface area contributed by atoms with Crippen LogP contribution in [0.5, 0.6) is 0 Å². The highest BCUT2D eigenvalue weighted by Gasteiger charge is 2.24. The third-order valence-corrected chi connectivity index (χ3v) is 3.60. The van der Waals surface area contributed by atoms with E-state index in [4.69, 9.17) is 10.5 Å². The molecule has 3 unspecified atom stereocenters. The second kappa shape index (κ2) is 5.83. The molecule has 2 rings (SSSR count).